The first kappa shape index (κ1) is 13.4. The molecule has 0 aliphatic rings. The Morgan fingerprint density at radius 1 is 1.42 bits per heavy atom. The highest BCUT2D eigenvalue weighted by Crippen LogP contribution is 2.26. The molecule has 1 heterocycles. The molecule has 4 nitrogen and oxygen atoms in total. The van der Waals surface area contributed by atoms with Crippen LogP contribution in [0.2, 0.25) is 0 Å². The maximum atomic E-state index is 13.5. The molecule has 1 aromatic carbocycles. The van der Waals surface area contributed by atoms with Gasteiger partial charge in [0.05, 0.1) is 11.3 Å². The Balaban J connectivity index is 2.11. The minimum absolute atomic E-state index is 0.328. The van der Waals surface area contributed by atoms with E-state index in [0.717, 1.165) is 0 Å². The molecule has 0 aliphatic carbocycles. The van der Waals surface area contributed by atoms with Crippen molar-refractivity contribution >= 4 is 23.4 Å². The lowest BCUT2D eigenvalue weighted by Crippen LogP contribution is -2.00. The number of anilines is 1. The molecule has 0 atom stereocenters. The van der Waals surface area contributed by atoms with Gasteiger partial charge in [0.15, 0.2) is 0 Å². The highest BCUT2D eigenvalue weighted by Gasteiger charge is 2.10. The molecule has 2 aromatic rings. The molecule has 0 bridgehead atoms. The first-order chi connectivity index (χ1) is 9.08. The summed E-state index contributed by atoms with van der Waals surface area (Å²) in [6.07, 6.45) is 1.63. The van der Waals surface area contributed by atoms with Crippen molar-refractivity contribution < 1.29 is 14.3 Å². The first-order valence-corrected chi connectivity index (χ1v) is 6.41. The number of hydrogen-bond acceptors (Lipinski definition) is 4. The Morgan fingerprint density at radius 3 is 2.84 bits per heavy atom. The molecule has 0 fully saturated rings. The minimum Gasteiger partial charge on any atom is -0.478 e. The number of carboxylic acid groups (broad SMARTS) is 1. The maximum absolute atomic E-state index is 13.5. The summed E-state index contributed by atoms with van der Waals surface area (Å²) in [5, 5.41) is 9.40. The monoisotopic (exact) mass is 278 g/mol. The molecule has 19 heavy (non-hydrogen) atoms. The predicted molar refractivity (Wildman–Crippen MR) is 71.6 cm³/mol. The molecule has 6 heteroatoms. The third-order valence-electron chi connectivity index (χ3n) is 2.44. The molecule has 2 rings (SSSR count). The second kappa shape index (κ2) is 5.71. The van der Waals surface area contributed by atoms with Crippen LogP contribution in [0.25, 0.3) is 0 Å². The number of nitrogen functional groups attached to an aromatic ring is 1. The van der Waals surface area contributed by atoms with Crippen LogP contribution in [0.1, 0.15) is 15.9 Å². The summed E-state index contributed by atoms with van der Waals surface area (Å²) < 4.78 is 13.5. The lowest BCUT2D eigenvalue weighted by atomic mass is 10.1. The van der Waals surface area contributed by atoms with E-state index < -0.39 is 11.8 Å². The summed E-state index contributed by atoms with van der Waals surface area (Å²) in [6.45, 7) is 0. The summed E-state index contributed by atoms with van der Waals surface area (Å²) in [5.41, 5.74) is 6.66. The van der Waals surface area contributed by atoms with Gasteiger partial charge in [0.1, 0.15) is 10.8 Å². The summed E-state index contributed by atoms with van der Waals surface area (Å²) >= 11 is 1.37. The van der Waals surface area contributed by atoms with Crippen molar-refractivity contribution in [2.45, 2.75) is 10.8 Å². The average Bonchev–Trinajstić information content (AvgIpc) is 2.37. The van der Waals surface area contributed by atoms with Crippen molar-refractivity contribution in [1.82, 2.24) is 4.98 Å². The zero-order chi connectivity index (χ0) is 13.8. The van der Waals surface area contributed by atoms with Crippen LogP contribution in [0.4, 0.5) is 10.1 Å². The van der Waals surface area contributed by atoms with E-state index in [9.17, 15) is 9.18 Å². The van der Waals surface area contributed by atoms with Gasteiger partial charge in [0.25, 0.3) is 0 Å². The van der Waals surface area contributed by atoms with Crippen molar-refractivity contribution in [3.05, 3.63) is 53.5 Å². The molecule has 0 aliphatic heterocycles. The molecule has 0 saturated carbocycles. The van der Waals surface area contributed by atoms with Crippen molar-refractivity contribution in [3.63, 3.8) is 0 Å². The number of aromatic carboxylic acids is 1. The van der Waals surface area contributed by atoms with E-state index in [0.29, 0.717) is 22.0 Å². The van der Waals surface area contributed by atoms with E-state index in [2.05, 4.69) is 4.98 Å². The number of nitrogens with two attached hydrogens (primary N) is 1. The predicted octanol–water partition coefficient (Wildman–Crippen LogP) is 2.79. The Morgan fingerprint density at radius 2 is 2.21 bits per heavy atom. The standard InChI is InChI=1S/C13H11FN2O2S/c14-10-6-8(3-4-9(10)13(17)18)7-19-12-11(15)2-1-5-16-12/h1-6H,7,15H2,(H,17,18). The zero-order valence-corrected chi connectivity index (χ0v) is 10.7. The minimum atomic E-state index is -1.27. The lowest BCUT2D eigenvalue weighted by Gasteiger charge is -2.05. The Kier molecular flexibility index (Phi) is 4.01. The van der Waals surface area contributed by atoms with Gasteiger partial charge in [-0.1, -0.05) is 17.8 Å². The number of halogens is 1. The highest BCUT2D eigenvalue weighted by molar-refractivity contribution is 7.98. The van der Waals surface area contributed by atoms with Crippen LogP contribution in [0.5, 0.6) is 0 Å². The molecule has 98 valence electrons. The number of carbonyl (C=O) groups is 1. The van der Waals surface area contributed by atoms with Crippen molar-refractivity contribution in [1.29, 1.82) is 0 Å². The normalized spacial score (nSPS) is 10.4. The number of rotatable bonds is 4. The molecule has 0 radical (unpaired) electrons. The number of carboxylic acids is 1. The molecular weight excluding hydrogens is 267 g/mol. The highest BCUT2D eigenvalue weighted by atomic mass is 32.2. The number of nitrogens with zero attached hydrogens (tertiary/aromatic N) is 1. The number of thioether (sulfide) groups is 1. The van der Waals surface area contributed by atoms with E-state index in [-0.39, 0.29) is 5.56 Å². The van der Waals surface area contributed by atoms with Gasteiger partial charge in [0, 0.05) is 11.9 Å². The number of pyridine rings is 1. The lowest BCUT2D eigenvalue weighted by molar-refractivity contribution is 0.0692. The Labute approximate surface area is 113 Å². The van der Waals surface area contributed by atoms with Crippen LogP contribution in [-0.4, -0.2) is 16.1 Å². The number of aromatic nitrogens is 1. The Hall–Kier alpha value is -2.08. The van der Waals surface area contributed by atoms with Gasteiger partial charge in [-0.05, 0) is 29.8 Å². The van der Waals surface area contributed by atoms with Crippen molar-refractivity contribution in [2.24, 2.45) is 0 Å². The van der Waals surface area contributed by atoms with E-state index >= 15 is 0 Å². The SMILES string of the molecule is Nc1cccnc1SCc1ccc(C(=O)O)c(F)c1. The first-order valence-electron chi connectivity index (χ1n) is 5.43. The fraction of sp³-hybridized carbons (Fsp3) is 0.0769. The Bertz CT molecular complexity index is 619. The van der Waals surface area contributed by atoms with Crippen LogP contribution in [0.3, 0.4) is 0 Å². The van der Waals surface area contributed by atoms with Gasteiger partial charge in [-0.15, -0.1) is 0 Å². The molecule has 0 spiro atoms. The van der Waals surface area contributed by atoms with Crippen LogP contribution < -0.4 is 5.73 Å². The molecule has 1 aromatic heterocycles. The van der Waals surface area contributed by atoms with Gasteiger partial charge in [-0.25, -0.2) is 14.2 Å². The topological polar surface area (TPSA) is 76.2 Å². The molecular formula is C13H11FN2O2S. The van der Waals surface area contributed by atoms with Gasteiger partial charge >= 0.3 is 5.97 Å². The van der Waals surface area contributed by atoms with Crippen molar-refractivity contribution in [3.8, 4) is 0 Å². The summed E-state index contributed by atoms with van der Waals surface area (Å²) in [4.78, 5) is 14.8. The quantitative estimate of drug-likeness (QED) is 0.841. The van der Waals surface area contributed by atoms with E-state index in [1.807, 2.05) is 0 Å². The van der Waals surface area contributed by atoms with E-state index in [4.69, 9.17) is 10.8 Å². The number of benzene rings is 1. The average molecular weight is 278 g/mol. The molecule has 3 N–H and O–H groups in total. The third-order valence-corrected chi connectivity index (χ3v) is 3.53. The van der Waals surface area contributed by atoms with E-state index in [1.165, 1.54) is 23.9 Å². The van der Waals surface area contributed by atoms with E-state index in [1.54, 1.807) is 24.4 Å². The van der Waals surface area contributed by atoms with Crippen LogP contribution in [0.15, 0.2) is 41.6 Å². The summed E-state index contributed by atoms with van der Waals surface area (Å²) in [5.74, 6) is -1.54. The third kappa shape index (κ3) is 3.23. The van der Waals surface area contributed by atoms with Gasteiger partial charge in [-0.3, -0.25) is 0 Å². The fourth-order valence-corrected chi connectivity index (χ4v) is 2.35. The van der Waals surface area contributed by atoms with Crippen molar-refractivity contribution in [2.75, 3.05) is 5.73 Å². The van der Waals surface area contributed by atoms with Crippen LogP contribution in [-0.2, 0) is 5.75 Å². The molecule has 0 amide bonds. The smallest absolute Gasteiger partial charge is 0.338 e. The van der Waals surface area contributed by atoms with Gasteiger partial charge in [-0.2, -0.15) is 0 Å². The summed E-state index contributed by atoms with van der Waals surface area (Å²) in [6, 6.07) is 7.54. The zero-order valence-electron chi connectivity index (χ0n) is 9.84. The second-order valence-electron chi connectivity index (χ2n) is 3.81. The molecule has 0 unspecified atom stereocenters. The van der Waals surface area contributed by atoms with Gasteiger partial charge in [0.2, 0.25) is 0 Å². The van der Waals surface area contributed by atoms with Crippen LogP contribution in [0, 0.1) is 5.82 Å². The molecule has 0 saturated heterocycles. The largest absolute Gasteiger partial charge is 0.478 e. The second-order valence-corrected chi connectivity index (χ2v) is 4.77. The number of hydrogen-bond donors (Lipinski definition) is 2. The van der Waals surface area contributed by atoms with Gasteiger partial charge < -0.3 is 10.8 Å². The maximum Gasteiger partial charge on any atom is 0.338 e. The summed E-state index contributed by atoms with van der Waals surface area (Å²) in [7, 11) is 0. The van der Waals surface area contributed by atoms with Crippen LogP contribution >= 0.6 is 11.8 Å². The fourth-order valence-electron chi connectivity index (χ4n) is 1.50.